The first kappa shape index (κ1) is 20.6. The molecule has 0 atom stereocenters. The molecular weight excluding hydrogens is 366 g/mol. The van der Waals surface area contributed by atoms with E-state index in [0.29, 0.717) is 34.1 Å². The Kier molecular flexibility index (Phi) is 6.43. The van der Waals surface area contributed by atoms with E-state index in [4.69, 9.17) is 14.2 Å². The maximum atomic E-state index is 12.5. The van der Waals surface area contributed by atoms with Crippen molar-refractivity contribution in [2.45, 2.75) is 6.92 Å². The van der Waals surface area contributed by atoms with Gasteiger partial charge in [-0.15, -0.1) is 0 Å². The molecule has 28 heavy (non-hydrogen) atoms. The lowest BCUT2D eigenvalue weighted by Gasteiger charge is -2.15. The minimum Gasteiger partial charge on any atom is -0.493 e. The van der Waals surface area contributed by atoms with Crippen molar-refractivity contribution in [1.29, 1.82) is 0 Å². The van der Waals surface area contributed by atoms with E-state index in [0.717, 1.165) is 0 Å². The molecule has 0 aliphatic carbocycles. The molecule has 0 saturated carbocycles. The first-order chi connectivity index (χ1) is 13.3. The van der Waals surface area contributed by atoms with Gasteiger partial charge in [-0.3, -0.25) is 25.8 Å². The van der Waals surface area contributed by atoms with E-state index in [1.165, 1.54) is 39.5 Å². The highest BCUT2D eigenvalue weighted by atomic mass is 16.6. The third-order valence-corrected chi connectivity index (χ3v) is 4.01. The molecule has 2 N–H and O–H groups in total. The van der Waals surface area contributed by atoms with Gasteiger partial charge < -0.3 is 14.2 Å². The van der Waals surface area contributed by atoms with Crippen LogP contribution in [0.1, 0.15) is 21.5 Å². The second-order valence-corrected chi connectivity index (χ2v) is 5.73. The van der Waals surface area contributed by atoms with E-state index in [2.05, 4.69) is 17.4 Å². The number of amides is 1. The standard InChI is InChI=1S/C19H21N3O6/c1-11-6-7-13(8-15(11)22(24)25)12(2)20-21-19(23)14-9-16(26-3)18(28-5)17(10-14)27-4/h6-10,20H,2H2,1,3-5H3,(H,21,23). The average molecular weight is 387 g/mol. The lowest BCUT2D eigenvalue weighted by atomic mass is 10.1. The van der Waals surface area contributed by atoms with Crippen LogP contribution in [0.4, 0.5) is 5.69 Å². The molecule has 0 aliphatic rings. The minimum absolute atomic E-state index is 0.0311. The summed E-state index contributed by atoms with van der Waals surface area (Å²) in [7, 11) is 4.36. The summed E-state index contributed by atoms with van der Waals surface area (Å²) in [6, 6.07) is 7.66. The van der Waals surface area contributed by atoms with Gasteiger partial charge in [0.25, 0.3) is 11.6 Å². The number of benzene rings is 2. The Bertz CT molecular complexity index is 901. The zero-order chi connectivity index (χ0) is 20.8. The number of nitrogens with one attached hydrogen (secondary N) is 2. The number of hydrogen-bond acceptors (Lipinski definition) is 7. The Hall–Kier alpha value is -3.75. The van der Waals surface area contributed by atoms with Crippen molar-refractivity contribution in [1.82, 2.24) is 10.9 Å². The monoisotopic (exact) mass is 387 g/mol. The van der Waals surface area contributed by atoms with Crippen molar-refractivity contribution >= 4 is 17.3 Å². The summed E-state index contributed by atoms with van der Waals surface area (Å²) < 4.78 is 15.7. The Morgan fingerprint density at radius 3 is 2.11 bits per heavy atom. The topological polar surface area (TPSA) is 112 Å². The highest BCUT2D eigenvalue weighted by Crippen LogP contribution is 2.38. The molecule has 0 saturated heterocycles. The predicted molar refractivity (Wildman–Crippen MR) is 104 cm³/mol. The summed E-state index contributed by atoms with van der Waals surface area (Å²) in [6.07, 6.45) is 0. The Morgan fingerprint density at radius 1 is 1.00 bits per heavy atom. The number of nitrogens with zero attached hydrogens (tertiary/aromatic N) is 1. The van der Waals surface area contributed by atoms with E-state index < -0.39 is 10.8 Å². The van der Waals surface area contributed by atoms with Gasteiger partial charge in [0.05, 0.1) is 31.9 Å². The molecule has 0 aliphatic heterocycles. The normalized spacial score (nSPS) is 10.0. The lowest BCUT2D eigenvalue weighted by molar-refractivity contribution is -0.385. The molecule has 0 bridgehead atoms. The van der Waals surface area contributed by atoms with Crippen molar-refractivity contribution in [3.63, 3.8) is 0 Å². The van der Waals surface area contributed by atoms with Crippen molar-refractivity contribution in [3.8, 4) is 17.2 Å². The van der Waals surface area contributed by atoms with E-state index in [-0.39, 0.29) is 11.3 Å². The van der Waals surface area contributed by atoms with Crippen LogP contribution < -0.4 is 25.1 Å². The molecule has 0 unspecified atom stereocenters. The molecule has 0 fully saturated rings. The molecule has 0 spiro atoms. The van der Waals surface area contributed by atoms with E-state index in [1.54, 1.807) is 19.1 Å². The van der Waals surface area contributed by atoms with Gasteiger partial charge in [0.15, 0.2) is 11.5 Å². The van der Waals surface area contributed by atoms with Gasteiger partial charge >= 0.3 is 0 Å². The number of nitro benzene ring substituents is 1. The molecule has 9 heteroatoms. The van der Waals surface area contributed by atoms with Crippen LogP contribution in [-0.4, -0.2) is 32.2 Å². The number of methoxy groups -OCH3 is 3. The first-order valence-electron chi connectivity index (χ1n) is 8.13. The third kappa shape index (κ3) is 4.32. The van der Waals surface area contributed by atoms with Crippen LogP contribution in [0.25, 0.3) is 5.70 Å². The minimum atomic E-state index is -0.484. The van der Waals surface area contributed by atoms with Gasteiger partial charge in [0.1, 0.15) is 0 Å². The number of aryl methyl sites for hydroxylation is 1. The Labute approximate surface area is 162 Å². The van der Waals surface area contributed by atoms with Crippen LogP contribution in [0.5, 0.6) is 17.2 Å². The molecular formula is C19H21N3O6. The third-order valence-electron chi connectivity index (χ3n) is 4.01. The quantitative estimate of drug-likeness (QED) is 0.529. The highest BCUT2D eigenvalue weighted by Gasteiger charge is 2.17. The summed E-state index contributed by atoms with van der Waals surface area (Å²) in [5, 5.41) is 11.1. The molecule has 9 nitrogen and oxygen atoms in total. The number of nitro groups is 1. The Morgan fingerprint density at radius 2 is 1.61 bits per heavy atom. The molecule has 1 amide bonds. The van der Waals surface area contributed by atoms with Crippen LogP contribution in [-0.2, 0) is 0 Å². The number of carbonyl (C=O) groups excluding carboxylic acids is 1. The maximum Gasteiger partial charge on any atom is 0.272 e. The van der Waals surface area contributed by atoms with Gasteiger partial charge in [-0.2, -0.15) is 0 Å². The molecule has 2 aromatic rings. The van der Waals surface area contributed by atoms with E-state index in [9.17, 15) is 14.9 Å². The maximum absolute atomic E-state index is 12.5. The van der Waals surface area contributed by atoms with Crippen LogP contribution in [0.15, 0.2) is 36.9 Å². The smallest absolute Gasteiger partial charge is 0.272 e. The number of ether oxygens (including phenoxy) is 3. The number of hydrogen-bond donors (Lipinski definition) is 2. The number of rotatable bonds is 8. The molecule has 0 radical (unpaired) electrons. The summed E-state index contributed by atoms with van der Waals surface area (Å²) in [6.45, 7) is 5.44. The number of hydrazine groups is 1. The second kappa shape index (κ2) is 8.76. The van der Waals surface area contributed by atoms with Crippen molar-refractivity contribution < 1.29 is 23.9 Å². The summed E-state index contributed by atoms with van der Waals surface area (Å²) >= 11 is 0. The molecule has 0 aromatic heterocycles. The number of carbonyl (C=O) groups is 1. The van der Waals surface area contributed by atoms with Crippen LogP contribution in [0.3, 0.4) is 0 Å². The SMILES string of the molecule is C=C(NNC(=O)c1cc(OC)c(OC)c(OC)c1)c1ccc(C)c([N+](=O)[O-])c1. The predicted octanol–water partition coefficient (Wildman–Crippen LogP) is 2.83. The van der Waals surface area contributed by atoms with Gasteiger partial charge in [0, 0.05) is 22.8 Å². The Balaban J connectivity index is 2.17. The summed E-state index contributed by atoms with van der Waals surface area (Å²) in [5.74, 6) is 0.549. The largest absolute Gasteiger partial charge is 0.493 e. The van der Waals surface area contributed by atoms with Gasteiger partial charge in [-0.05, 0) is 19.1 Å². The van der Waals surface area contributed by atoms with Crippen molar-refractivity contribution in [2.75, 3.05) is 21.3 Å². The molecule has 0 heterocycles. The van der Waals surface area contributed by atoms with Crippen molar-refractivity contribution in [2.24, 2.45) is 0 Å². The van der Waals surface area contributed by atoms with Gasteiger partial charge in [-0.1, -0.05) is 18.7 Å². The van der Waals surface area contributed by atoms with Gasteiger partial charge in [0.2, 0.25) is 5.75 Å². The van der Waals surface area contributed by atoms with Crippen molar-refractivity contribution in [3.05, 3.63) is 63.7 Å². The molecule has 2 rings (SSSR count). The van der Waals surface area contributed by atoms with Crippen LogP contribution in [0, 0.1) is 17.0 Å². The van der Waals surface area contributed by atoms with Crippen LogP contribution >= 0.6 is 0 Å². The average Bonchev–Trinajstić information content (AvgIpc) is 2.70. The van der Waals surface area contributed by atoms with E-state index in [1.807, 2.05) is 0 Å². The van der Waals surface area contributed by atoms with E-state index >= 15 is 0 Å². The lowest BCUT2D eigenvalue weighted by Crippen LogP contribution is -2.35. The van der Waals surface area contributed by atoms with Gasteiger partial charge in [-0.25, -0.2) is 0 Å². The molecule has 148 valence electrons. The fraction of sp³-hybridized carbons (Fsp3) is 0.211. The zero-order valence-corrected chi connectivity index (χ0v) is 16.0. The fourth-order valence-corrected chi connectivity index (χ4v) is 2.48. The highest BCUT2D eigenvalue weighted by molar-refractivity contribution is 5.95. The first-order valence-corrected chi connectivity index (χ1v) is 8.13. The summed E-state index contributed by atoms with van der Waals surface area (Å²) in [5.41, 5.74) is 6.67. The fourth-order valence-electron chi connectivity index (χ4n) is 2.48. The zero-order valence-electron chi connectivity index (χ0n) is 16.0. The second-order valence-electron chi connectivity index (χ2n) is 5.73. The molecule has 2 aromatic carbocycles. The van der Waals surface area contributed by atoms with Crippen LogP contribution in [0.2, 0.25) is 0 Å². The summed E-state index contributed by atoms with van der Waals surface area (Å²) in [4.78, 5) is 23.1.